The molecular formula is C21H20N2O3S. The van der Waals surface area contributed by atoms with Crippen LogP contribution in [0.1, 0.15) is 38.3 Å². The molecule has 1 aliphatic heterocycles. The van der Waals surface area contributed by atoms with Gasteiger partial charge >= 0.3 is 0 Å². The minimum Gasteiger partial charge on any atom is -0.432 e. The molecule has 1 aliphatic carbocycles. The second-order valence-electron chi connectivity index (χ2n) is 7.12. The van der Waals surface area contributed by atoms with E-state index in [0.717, 1.165) is 18.4 Å². The van der Waals surface area contributed by atoms with Crippen molar-refractivity contribution in [1.82, 2.24) is 9.80 Å². The zero-order valence-corrected chi connectivity index (χ0v) is 16.1. The van der Waals surface area contributed by atoms with Gasteiger partial charge in [-0.1, -0.05) is 18.2 Å². The molecule has 27 heavy (non-hydrogen) atoms. The Balaban J connectivity index is 1.54. The third-order valence-corrected chi connectivity index (χ3v) is 5.59. The molecule has 1 heterocycles. The summed E-state index contributed by atoms with van der Waals surface area (Å²) in [6.07, 6.45) is 2.21. The Bertz CT molecular complexity index is 919. The van der Waals surface area contributed by atoms with Crippen molar-refractivity contribution in [2.24, 2.45) is 0 Å². The molecule has 0 spiro atoms. The van der Waals surface area contributed by atoms with Gasteiger partial charge in [-0.2, -0.15) is 0 Å². The lowest BCUT2D eigenvalue weighted by Gasteiger charge is -2.31. The summed E-state index contributed by atoms with van der Waals surface area (Å²) in [4.78, 5) is 28.6. The number of imide groups is 1. The number of ether oxygens (including phenoxy) is 1. The van der Waals surface area contributed by atoms with Crippen LogP contribution in [-0.4, -0.2) is 46.9 Å². The van der Waals surface area contributed by atoms with Gasteiger partial charge in [0.1, 0.15) is 5.75 Å². The fourth-order valence-corrected chi connectivity index (χ4v) is 3.82. The molecule has 1 atom stereocenters. The van der Waals surface area contributed by atoms with Crippen LogP contribution < -0.4 is 4.74 Å². The van der Waals surface area contributed by atoms with Crippen LogP contribution in [0.25, 0.3) is 0 Å². The minimum absolute atomic E-state index is 0.112. The Morgan fingerprint density at radius 2 is 1.74 bits per heavy atom. The van der Waals surface area contributed by atoms with Gasteiger partial charge in [0.25, 0.3) is 17.0 Å². The number of hydrogen-bond acceptors (Lipinski definition) is 4. The molecule has 2 amide bonds. The number of carbonyl (C=O) groups excluding carboxylic acids is 2. The van der Waals surface area contributed by atoms with Crippen molar-refractivity contribution in [3.8, 4) is 5.75 Å². The smallest absolute Gasteiger partial charge is 0.264 e. The van der Waals surface area contributed by atoms with E-state index in [2.05, 4.69) is 0 Å². The summed E-state index contributed by atoms with van der Waals surface area (Å²) in [5.74, 6) is 0.354. The Labute approximate surface area is 163 Å². The van der Waals surface area contributed by atoms with Crippen LogP contribution in [0.3, 0.4) is 0 Å². The number of rotatable bonds is 2. The van der Waals surface area contributed by atoms with E-state index in [-0.39, 0.29) is 17.9 Å². The van der Waals surface area contributed by atoms with Crippen molar-refractivity contribution in [3.63, 3.8) is 0 Å². The number of amides is 2. The number of nitrogens with zero attached hydrogens (tertiary/aromatic N) is 2. The SMILES string of the molecule is CN(C)C(=S)Oc1ccc2c(c1)CC[C@H](N1C(=O)c3ccccc3C1=O)C2. The summed E-state index contributed by atoms with van der Waals surface area (Å²) in [6, 6.07) is 12.8. The Morgan fingerprint density at radius 3 is 2.37 bits per heavy atom. The summed E-state index contributed by atoms with van der Waals surface area (Å²) in [5, 5.41) is 0.412. The zero-order valence-electron chi connectivity index (χ0n) is 15.3. The molecule has 6 heteroatoms. The predicted octanol–water partition coefficient (Wildman–Crippen LogP) is 3.07. The number of carbonyl (C=O) groups is 2. The molecule has 0 aromatic heterocycles. The predicted molar refractivity (Wildman–Crippen MR) is 106 cm³/mol. The van der Waals surface area contributed by atoms with Gasteiger partial charge in [-0.05, 0) is 66.9 Å². The van der Waals surface area contributed by atoms with Crippen molar-refractivity contribution in [2.75, 3.05) is 14.1 Å². The van der Waals surface area contributed by atoms with Gasteiger partial charge < -0.3 is 9.64 Å². The molecule has 2 aromatic rings. The first kappa shape index (κ1) is 17.7. The highest BCUT2D eigenvalue weighted by molar-refractivity contribution is 7.80. The monoisotopic (exact) mass is 380 g/mol. The average molecular weight is 380 g/mol. The van der Waals surface area contributed by atoms with Crippen molar-refractivity contribution < 1.29 is 14.3 Å². The highest BCUT2D eigenvalue weighted by Crippen LogP contribution is 2.32. The van der Waals surface area contributed by atoms with Crippen LogP contribution in [0.2, 0.25) is 0 Å². The second kappa shape index (κ2) is 6.78. The van der Waals surface area contributed by atoms with E-state index in [9.17, 15) is 9.59 Å². The van der Waals surface area contributed by atoms with E-state index in [4.69, 9.17) is 17.0 Å². The fraction of sp³-hybridized carbons (Fsp3) is 0.286. The van der Waals surface area contributed by atoms with Crippen molar-refractivity contribution in [2.45, 2.75) is 25.3 Å². The van der Waals surface area contributed by atoms with E-state index in [1.165, 1.54) is 10.5 Å². The van der Waals surface area contributed by atoms with Crippen LogP contribution in [0, 0.1) is 0 Å². The molecule has 138 valence electrons. The molecular weight excluding hydrogens is 360 g/mol. The van der Waals surface area contributed by atoms with Gasteiger partial charge in [-0.15, -0.1) is 0 Å². The molecule has 0 bridgehead atoms. The van der Waals surface area contributed by atoms with E-state index < -0.39 is 0 Å². The maximum Gasteiger partial charge on any atom is 0.264 e. The van der Waals surface area contributed by atoms with E-state index >= 15 is 0 Å². The fourth-order valence-electron chi connectivity index (χ4n) is 3.73. The van der Waals surface area contributed by atoms with Crippen LogP contribution in [-0.2, 0) is 12.8 Å². The topological polar surface area (TPSA) is 49.9 Å². The van der Waals surface area contributed by atoms with E-state index in [0.29, 0.717) is 28.5 Å². The first-order chi connectivity index (χ1) is 13.0. The third kappa shape index (κ3) is 3.10. The van der Waals surface area contributed by atoms with Gasteiger partial charge in [0.05, 0.1) is 11.1 Å². The number of hydrogen-bond donors (Lipinski definition) is 0. The van der Waals surface area contributed by atoms with Gasteiger partial charge in [-0.25, -0.2) is 0 Å². The summed E-state index contributed by atoms with van der Waals surface area (Å²) in [6.45, 7) is 0. The Morgan fingerprint density at radius 1 is 1.07 bits per heavy atom. The molecule has 0 radical (unpaired) electrons. The lowest BCUT2D eigenvalue weighted by Crippen LogP contribution is -2.43. The number of thiocarbonyl (C=S) groups is 1. The minimum atomic E-state index is -0.180. The molecule has 0 unspecified atom stereocenters. The van der Waals surface area contributed by atoms with Crippen LogP contribution in [0.15, 0.2) is 42.5 Å². The normalized spacial score (nSPS) is 18.1. The first-order valence-electron chi connectivity index (χ1n) is 8.93. The van der Waals surface area contributed by atoms with Crippen molar-refractivity contribution in [1.29, 1.82) is 0 Å². The van der Waals surface area contributed by atoms with E-state index in [1.807, 2.05) is 32.3 Å². The standard InChI is InChI=1S/C21H20N2O3S/c1-22(2)21(27)26-16-10-8-13-11-15(9-7-14(13)12-16)23-19(24)17-5-3-4-6-18(17)20(23)25/h3-6,8,10,12,15H,7,9,11H2,1-2H3/t15-/m0/s1. The van der Waals surface area contributed by atoms with Gasteiger partial charge in [0, 0.05) is 20.1 Å². The largest absolute Gasteiger partial charge is 0.432 e. The molecule has 5 nitrogen and oxygen atoms in total. The second-order valence-corrected chi connectivity index (χ2v) is 7.46. The maximum absolute atomic E-state index is 12.7. The third-order valence-electron chi connectivity index (χ3n) is 5.14. The van der Waals surface area contributed by atoms with E-state index in [1.54, 1.807) is 29.2 Å². The number of aryl methyl sites for hydroxylation is 1. The molecule has 0 N–H and O–H groups in total. The van der Waals surface area contributed by atoms with Crippen molar-refractivity contribution in [3.05, 3.63) is 64.7 Å². The quantitative estimate of drug-likeness (QED) is 0.592. The molecule has 2 aromatic carbocycles. The average Bonchev–Trinajstić information content (AvgIpc) is 2.92. The number of benzene rings is 2. The zero-order chi connectivity index (χ0) is 19.1. The Kier molecular flexibility index (Phi) is 4.44. The highest BCUT2D eigenvalue weighted by atomic mass is 32.1. The van der Waals surface area contributed by atoms with Crippen molar-refractivity contribution >= 4 is 29.2 Å². The van der Waals surface area contributed by atoms with Gasteiger partial charge in [0.15, 0.2) is 0 Å². The summed E-state index contributed by atoms with van der Waals surface area (Å²) >= 11 is 5.19. The van der Waals surface area contributed by atoms with Crippen LogP contribution >= 0.6 is 12.2 Å². The van der Waals surface area contributed by atoms with Crippen LogP contribution in [0.4, 0.5) is 0 Å². The number of fused-ring (bicyclic) bond motifs is 2. The lowest BCUT2D eigenvalue weighted by molar-refractivity contribution is 0.0571. The van der Waals surface area contributed by atoms with Gasteiger partial charge in [0.2, 0.25) is 0 Å². The molecule has 0 saturated heterocycles. The summed E-state index contributed by atoms with van der Waals surface area (Å²) in [7, 11) is 3.68. The van der Waals surface area contributed by atoms with Crippen LogP contribution in [0.5, 0.6) is 5.75 Å². The molecule has 0 fully saturated rings. The lowest BCUT2D eigenvalue weighted by atomic mass is 9.87. The molecule has 4 rings (SSSR count). The maximum atomic E-state index is 12.7. The highest BCUT2D eigenvalue weighted by Gasteiger charge is 2.40. The Hall–Kier alpha value is -2.73. The first-order valence-corrected chi connectivity index (χ1v) is 9.34. The van der Waals surface area contributed by atoms with Gasteiger partial charge in [-0.3, -0.25) is 14.5 Å². The molecule has 2 aliphatic rings. The molecule has 0 saturated carbocycles. The summed E-state index contributed by atoms with van der Waals surface area (Å²) < 4.78 is 5.68. The summed E-state index contributed by atoms with van der Waals surface area (Å²) in [5.41, 5.74) is 3.34.